The van der Waals surface area contributed by atoms with Crippen molar-refractivity contribution in [1.29, 1.82) is 0 Å². The highest BCUT2D eigenvalue weighted by Gasteiger charge is 2.05. The second-order valence-corrected chi connectivity index (χ2v) is 6.88. The third-order valence-electron chi connectivity index (χ3n) is 3.50. The topological polar surface area (TPSA) is 59.9 Å². The van der Waals surface area contributed by atoms with Gasteiger partial charge in [-0.15, -0.1) is 0 Å². The molecule has 5 nitrogen and oxygen atoms in total. The molecule has 28 heavy (non-hydrogen) atoms. The van der Waals surface area contributed by atoms with Gasteiger partial charge in [0.15, 0.2) is 0 Å². The van der Waals surface area contributed by atoms with Gasteiger partial charge in [-0.2, -0.15) is 0 Å². The Morgan fingerprint density at radius 2 is 1.68 bits per heavy atom. The van der Waals surface area contributed by atoms with Crippen molar-refractivity contribution in [2.24, 2.45) is 0 Å². The fourth-order valence-electron chi connectivity index (χ4n) is 2.15. The average Bonchev–Trinajstić information content (AvgIpc) is 2.69. The van der Waals surface area contributed by atoms with Gasteiger partial charge in [-0.05, 0) is 43.2 Å². The molecule has 0 radical (unpaired) electrons. The number of nitrogens with zero attached hydrogens (tertiary/aromatic N) is 3. The van der Waals surface area contributed by atoms with Gasteiger partial charge in [-0.3, -0.25) is 0 Å². The van der Waals surface area contributed by atoms with E-state index in [2.05, 4.69) is 34.1 Å². The molecule has 0 atom stereocenters. The second-order valence-electron chi connectivity index (χ2n) is 6.07. The molecule has 0 aliphatic rings. The lowest BCUT2D eigenvalue weighted by molar-refractivity contribution is 0.462. The van der Waals surface area contributed by atoms with E-state index in [0.29, 0.717) is 34.0 Å². The van der Waals surface area contributed by atoms with Crippen molar-refractivity contribution in [3.8, 4) is 11.6 Å². The molecule has 2 aromatic heterocycles. The minimum atomic E-state index is 0.536. The van der Waals surface area contributed by atoms with Crippen molar-refractivity contribution < 1.29 is 4.74 Å². The summed E-state index contributed by atoms with van der Waals surface area (Å²) in [4.78, 5) is 12.5. The molecule has 0 unspecified atom stereocenters. The molecule has 1 N–H and O–H groups in total. The summed E-state index contributed by atoms with van der Waals surface area (Å²) >= 11 is 12.0. The molecule has 1 aromatic carbocycles. The van der Waals surface area contributed by atoms with Crippen molar-refractivity contribution in [2.45, 2.75) is 33.6 Å². The molecule has 0 saturated heterocycles. The van der Waals surface area contributed by atoms with E-state index < -0.39 is 0 Å². The summed E-state index contributed by atoms with van der Waals surface area (Å²) in [5.74, 6) is 1.87. The Morgan fingerprint density at radius 1 is 0.964 bits per heavy atom. The number of halogens is 2. The molecule has 3 aromatic rings. The Labute approximate surface area is 176 Å². The third kappa shape index (κ3) is 6.98. The molecule has 0 aliphatic heterocycles. The van der Waals surface area contributed by atoms with E-state index in [1.54, 1.807) is 30.5 Å². The number of rotatable bonds is 6. The monoisotopic (exact) mass is 418 g/mol. The van der Waals surface area contributed by atoms with Crippen molar-refractivity contribution >= 4 is 29.0 Å². The van der Waals surface area contributed by atoms with Crippen LogP contribution < -0.4 is 10.1 Å². The van der Waals surface area contributed by atoms with Gasteiger partial charge in [0.25, 0.3) is 0 Å². The summed E-state index contributed by atoms with van der Waals surface area (Å²) in [7, 11) is 0. The SMILES string of the molecule is CCC.Cc1ncnc(NCCc2ccc(Oc3ccc(Cl)cc3)nc2)c1Cl. The van der Waals surface area contributed by atoms with Gasteiger partial charge in [-0.25, -0.2) is 15.0 Å². The van der Waals surface area contributed by atoms with E-state index in [1.165, 1.54) is 12.7 Å². The summed E-state index contributed by atoms with van der Waals surface area (Å²) < 4.78 is 5.67. The van der Waals surface area contributed by atoms with Crippen molar-refractivity contribution in [3.63, 3.8) is 0 Å². The molecular formula is C21H24Cl2N4O. The highest BCUT2D eigenvalue weighted by molar-refractivity contribution is 6.33. The predicted molar refractivity (Wildman–Crippen MR) is 116 cm³/mol. The maximum atomic E-state index is 6.16. The van der Waals surface area contributed by atoms with E-state index in [0.717, 1.165) is 17.7 Å². The van der Waals surface area contributed by atoms with E-state index in [-0.39, 0.29) is 0 Å². The van der Waals surface area contributed by atoms with E-state index >= 15 is 0 Å². The summed E-state index contributed by atoms with van der Waals surface area (Å²) in [6, 6.07) is 11.0. The molecule has 0 fully saturated rings. The molecule has 7 heteroatoms. The number of nitrogens with one attached hydrogen (secondary N) is 1. The molecule has 148 valence electrons. The van der Waals surface area contributed by atoms with Crippen LogP contribution in [0.15, 0.2) is 48.9 Å². The highest BCUT2D eigenvalue weighted by Crippen LogP contribution is 2.22. The van der Waals surface area contributed by atoms with Gasteiger partial charge < -0.3 is 10.1 Å². The fourth-order valence-corrected chi connectivity index (χ4v) is 2.44. The largest absolute Gasteiger partial charge is 0.439 e. The first-order chi connectivity index (χ1) is 13.5. The zero-order valence-corrected chi connectivity index (χ0v) is 17.8. The van der Waals surface area contributed by atoms with E-state index in [4.69, 9.17) is 27.9 Å². The van der Waals surface area contributed by atoms with Gasteiger partial charge in [-0.1, -0.05) is 49.5 Å². The summed E-state index contributed by atoms with van der Waals surface area (Å²) in [5.41, 5.74) is 1.84. The quantitative estimate of drug-likeness (QED) is 0.505. The molecule has 0 saturated carbocycles. The number of aryl methyl sites for hydroxylation is 1. The Morgan fingerprint density at radius 3 is 2.32 bits per heavy atom. The van der Waals surface area contributed by atoms with E-state index in [1.807, 2.05) is 19.1 Å². The number of benzene rings is 1. The molecule has 0 bridgehead atoms. The lowest BCUT2D eigenvalue weighted by Gasteiger charge is -2.09. The van der Waals surface area contributed by atoms with Crippen LogP contribution in [0.1, 0.15) is 31.5 Å². The lowest BCUT2D eigenvalue weighted by Crippen LogP contribution is -2.08. The first-order valence-corrected chi connectivity index (χ1v) is 9.88. The van der Waals surface area contributed by atoms with Gasteiger partial charge in [0, 0.05) is 23.8 Å². The van der Waals surface area contributed by atoms with Gasteiger partial charge in [0.2, 0.25) is 5.88 Å². The van der Waals surface area contributed by atoms with Crippen molar-refractivity contribution in [1.82, 2.24) is 15.0 Å². The minimum absolute atomic E-state index is 0.536. The van der Waals surface area contributed by atoms with Crippen molar-refractivity contribution in [3.05, 3.63) is 70.2 Å². The Bertz CT molecular complexity index is 855. The Kier molecular flexibility index (Phi) is 8.98. The average molecular weight is 419 g/mol. The van der Waals surface area contributed by atoms with Gasteiger partial charge in [0.05, 0.1) is 5.69 Å². The number of ether oxygens (including phenoxy) is 1. The van der Waals surface area contributed by atoms with Crippen LogP contribution in [0.2, 0.25) is 10.0 Å². The second kappa shape index (κ2) is 11.5. The predicted octanol–water partition coefficient (Wildman–Crippen LogP) is 6.35. The molecular weight excluding hydrogens is 395 g/mol. The van der Waals surface area contributed by atoms with Crippen LogP contribution in [-0.2, 0) is 6.42 Å². The summed E-state index contributed by atoms with van der Waals surface area (Å²) in [5, 5.41) is 4.42. The summed E-state index contributed by atoms with van der Waals surface area (Å²) in [6.07, 6.45) is 5.32. The maximum Gasteiger partial charge on any atom is 0.219 e. The fraction of sp³-hybridized carbons (Fsp3) is 0.286. The van der Waals surface area contributed by atoms with Crippen LogP contribution >= 0.6 is 23.2 Å². The molecule has 3 rings (SSSR count). The van der Waals surface area contributed by atoms with Crippen LogP contribution in [0.5, 0.6) is 11.6 Å². The number of anilines is 1. The van der Waals surface area contributed by atoms with E-state index in [9.17, 15) is 0 Å². The number of hydrogen-bond acceptors (Lipinski definition) is 5. The highest BCUT2D eigenvalue weighted by atomic mass is 35.5. The Hall–Kier alpha value is -2.37. The zero-order valence-electron chi connectivity index (χ0n) is 16.2. The summed E-state index contributed by atoms with van der Waals surface area (Å²) in [6.45, 7) is 6.79. The normalized spacial score (nSPS) is 10.0. The zero-order chi connectivity index (χ0) is 20.4. The van der Waals surface area contributed by atoms with Gasteiger partial charge >= 0.3 is 0 Å². The van der Waals surface area contributed by atoms with Crippen LogP contribution in [0, 0.1) is 6.92 Å². The molecule has 0 aliphatic carbocycles. The smallest absolute Gasteiger partial charge is 0.219 e. The third-order valence-corrected chi connectivity index (χ3v) is 4.21. The van der Waals surface area contributed by atoms with Crippen molar-refractivity contribution in [2.75, 3.05) is 11.9 Å². The van der Waals surface area contributed by atoms with Crippen LogP contribution in [0.4, 0.5) is 5.82 Å². The lowest BCUT2D eigenvalue weighted by atomic mass is 10.2. The standard InChI is InChI=1S/C18H16Cl2N4O.C3H8/c1-12-17(20)18(24-11-23-12)21-9-8-13-2-7-16(22-10-13)25-15-5-3-14(19)4-6-15;1-3-2/h2-7,10-11H,8-9H2,1H3,(H,21,23,24);3H2,1-2H3. The van der Waals surface area contributed by atoms with Crippen LogP contribution in [-0.4, -0.2) is 21.5 Å². The van der Waals surface area contributed by atoms with Crippen LogP contribution in [0.25, 0.3) is 0 Å². The first-order valence-electron chi connectivity index (χ1n) is 9.12. The maximum absolute atomic E-state index is 6.16. The van der Waals surface area contributed by atoms with Gasteiger partial charge in [0.1, 0.15) is 22.9 Å². The molecule has 0 amide bonds. The van der Waals surface area contributed by atoms with Crippen LogP contribution in [0.3, 0.4) is 0 Å². The minimum Gasteiger partial charge on any atom is -0.439 e. The molecule has 0 spiro atoms. The Balaban J connectivity index is 0.000000878. The molecule has 2 heterocycles. The number of hydrogen-bond donors (Lipinski definition) is 1. The number of pyridine rings is 1. The number of aromatic nitrogens is 3. The first kappa shape index (κ1) is 21.9.